The lowest BCUT2D eigenvalue weighted by Crippen LogP contribution is -2.15. The van der Waals surface area contributed by atoms with E-state index in [1.54, 1.807) is 19.9 Å². The molecule has 0 unspecified atom stereocenters. The average molecular weight is 484 g/mol. The third-order valence-corrected chi connectivity index (χ3v) is 6.05. The van der Waals surface area contributed by atoms with Crippen molar-refractivity contribution in [3.63, 3.8) is 0 Å². The number of anilines is 1. The van der Waals surface area contributed by atoms with Crippen molar-refractivity contribution in [3.05, 3.63) is 75.7 Å². The van der Waals surface area contributed by atoms with Crippen molar-refractivity contribution < 1.29 is 33.3 Å². The Morgan fingerprint density at radius 3 is 2.15 bits per heavy atom. The molecule has 0 aliphatic carbocycles. The fourth-order valence-corrected chi connectivity index (χ4v) is 4.23. The number of hydrogen-bond acceptors (Lipinski definition) is 8. The minimum absolute atomic E-state index is 0.0804. The lowest BCUT2D eigenvalue weighted by atomic mass is 10.1. The summed E-state index contributed by atoms with van der Waals surface area (Å²) in [4.78, 5) is 38.7. The van der Waals surface area contributed by atoms with Crippen molar-refractivity contribution in [1.29, 1.82) is 0 Å². The molecule has 8 nitrogen and oxygen atoms in total. The van der Waals surface area contributed by atoms with Gasteiger partial charge in [0, 0.05) is 11.6 Å². The van der Waals surface area contributed by atoms with Gasteiger partial charge in [-0.2, -0.15) is 0 Å². The summed E-state index contributed by atoms with van der Waals surface area (Å²) in [6.45, 7) is 3.51. The lowest BCUT2D eigenvalue weighted by molar-refractivity contribution is 0.0477. The smallest absolute Gasteiger partial charge is 0.349 e. The zero-order valence-corrected chi connectivity index (χ0v) is 20.1. The quantitative estimate of drug-likeness (QED) is 0.434. The second-order valence-corrected chi connectivity index (χ2v) is 8.12. The highest BCUT2D eigenvalue weighted by Gasteiger charge is 2.28. The Balaban J connectivity index is 1.90. The molecule has 0 aliphatic heterocycles. The average Bonchev–Trinajstić information content (AvgIpc) is 3.18. The first-order valence-electron chi connectivity index (χ1n) is 10.4. The van der Waals surface area contributed by atoms with Crippen LogP contribution in [0.15, 0.2) is 48.5 Å². The first-order chi connectivity index (χ1) is 16.4. The number of hydrogen-bond donors (Lipinski definition) is 1. The number of nitrogens with one attached hydrogen (secondary N) is 1. The van der Waals surface area contributed by atoms with Crippen LogP contribution in [0, 0.1) is 6.92 Å². The fraction of sp³-hybridized carbons (Fsp3) is 0.240. The van der Waals surface area contributed by atoms with E-state index in [1.165, 1.54) is 26.4 Å². The monoisotopic (exact) mass is 483 g/mol. The Hall–Kier alpha value is -3.85. The summed E-state index contributed by atoms with van der Waals surface area (Å²) in [5, 5.41) is 2.91. The molecular weight excluding hydrogens is 458 g/mol. The molecule has 1 amide bonds. The van der Waals surface area contributed by atoms with Crippen molar-refractivity contribution in [2.24, 2.45) is 0 Å². The van der Waals surface area contributed by atoms with Crippen LogP contribution in [-0.2, 0) is 16.1 Å². The van der Waals surface area contributed by atoms with Crippen molar-refractivity contribution in [1.82, 2.24) is 0 Å². The highest BCUT2D eigenvalue weighted by molar-refractivity contribution is 7.18. The number of esters is 2. The number of amides is 1. The number of rotatable bonds is 9. The summed E-state index contributed by atoms with van der Waals surface area (Å²) in [5.74, 6) is -0.879. The SMILES string of the molecule is CCOC(=O)c1c(NC(=O)c2cc(OC)cc(OC)c2)sc(C(=O)OCc2ccccc2)c1C. The van der Waals surface area contributed by atoms with Crippen molar-refractivity contribution in [3.8, 4) is 11.5 Å². The summed E-state index contributed by atoms with van der Waals surface area (Å²) in [5.41, 5.74) is 1.57. The van der Waals surface area contributed by atoms with E-state index in [2.05, 4.69) is 5.32 Å². The molecular formula is C25H25NO7S. The second kappa shape index (κ2) is 11.3. The van der Waals surface area contributed by atoms with E-state index < -0.39 is 17.8 Å². The van der Waals surface area contributed by atoms with Gasteiger partial charge in [0.15, 0.2) is 0 Å². The van der Waals surface area contributed by atoms with Gasteiger partial charge >= 0.3 is 11.9 Å². The molecule has 0 aliphatic rings. The number of carbonyl (C=O) groups is 3. The van der Waals surface area contributed by atoms with Gasteiger partial charge in [-0.05, 0) is 37.1 Å². The summed E-state index contributed by atoms with van der Waals surface area (Å²) < 4.78 is 21.0. The zero-order valence-electron chi connectivity index (χ0n) is 19.3. The largest absolute Gasteiger partial charge is 0.497 e. The Labute approximate surface area is 201 Å². The first-order valence-corrected chi connectivity index (χ1v) is 11.3. The number of benzene rings is 2. The Morgan fingerprint density at radius 1 is 0.912 bits per heavy atom. The summed E-state index contributed by atoms with van der Waals surface area (Å²) >= 11 is 0.957. The Bertz CT molecular complexity index is 1170. The molecule has 1 heterocycles. The molecule has 1 aromatic heterocycles. The van der Waals surface area contributed by atoms with Gasteiger partial charge in [0.2, 0.25) is 0 Å². The molecule has 1 N–H and O–H groups in total. The minimum Gasteiger partial charge on any atom is -0.497 e. The molecule has 178 valence electrons. The predicted octanol–water partition coefficient (Wildman–Crippen LogP) is 4.86. The molecule has 3 rings (SSSR count). The van der Waals surface area contributed by atoms with Crippen LogP contribution in [0.3, 0.4) is 0 Å². The molecule has 34 heavy (non-hydrogen) atoms. The van der Waals surface area contributed by atoms with Gasteiger partial charge in [0.05, 0.1) is 26.4 Å². The van der Waals surface area contributed by atoms with Crippen molar-refractivity contribution in [2.75, 3.05) is 26.1 Å². The predicted molar refractivity (Wildman–Crippen MR) is 128 cm³/mol. The number of thiophene rings is 1. The second-order valence-electron chi connectivity index (χ2n) is 7.10. The van der Waals surface area contributed by atoms with Crippen LogP contribution in [-0.4, -0.2) is 38.7 Å². The maximum absolute atomic E-state index is 13.0. The first kappa shape index (κ1) is 24.8. The molecule has 0 saturated carbocycles. The molecule has 0 bridgehead atoms. The van der Waals surface area contributed by atoms with Gasteiger partial charge in [-0.15, -0.1) is 11.3 Å². The van der Waals surface area contributed by atoms with E-state index >= 15 is 0 Å². The maximum Gasteiger partial charge on any atom is 0.349 e. The summed E-state index contributed by atoms with van der Waals surface area (Å²) in [7, 11) is 2.95. The van der Waals surface area contributed by atoms with Gasteiger partial charge in [-0.25, -0.2) is 9.59 Å². The Morgan fingerprint density at radius 2 is 1.56 bits per heavy atom. The van der Waals surface area contributed by atoms with Gasteiger partial charge in [-0.1, -0.05) is 30.3 Å². The van der Waals surface area contributed by atoms with Crippen LogP contribution in [0.5, 0.6) is 11.5 Å². The molecule has 0 saturated heterocycles. The lowest BCUT2D eigenvalue weighted by Gasteiger charge is -2.10. The van der Waals surface area contributed by atoms with Gasteiger partial charge < -0.3 is 24.3 Å². The third-order valence-electron chi connectivity index (χ3n) is 4.87. The molecule has 0 radical (unpaired) electrons. The van der Waals surface area contributed by atoms with Crippen LogP contribution >= 0.6 is 11.3 Å². The van der Waals surface area contributed by atoms with Crippen LogP contribution in [0.1, 0.15) is 48.4 Å². The molecule has 0 atom stereocenters. The molecule has 0 spiro atoms. The van der Waals surface area contributed by atoms with Crippen molar-refractivity contribution in [2.45, 2.75) is 20.5 Å². The fourth-order valence-electron chi connectivity index (χ4n) is 3.15. The van der Waals surface area contributed by atoms with Gasteiger partial charge in [0.25, 0.3) is 5.91 Å². The summed E-state index contributed by atoms with van der Waals surface area (Å²) in [6, 6.07) is 14.0. The highest BCUT2D eigenvalue weighted by Crippen LogP contribution is 2.35. The maximum atomic E-state index is 13.0. The minimum atomic E-state index is -0.642. The zero-order chi connectivity index (χ0) is 24.7. The van der Waals surface area contributed by atoms with E-state index in [0.717, 1.165) is 16.9 Å². The van der Waals surface area contributed by atoms with Gasteiger partial charge in [0.1, 0.15) is 28.0 Å². The molecule has 2 aromatic carbocycles. The Kier molecular flexibility index (Phi) is 8.26. The van der Waals surface area contributed by atoms with Crippen LogP contribution in [0.2, 0.25) is 0 Å². The molecule has 9 heteroatoms. The third kappa shape index (κ3) is 5.74. The summed E-state index contributed by atoms with van der Waals surface area (Å²) in [6.07, 6.45) is 0. The van der Waals surface area contributed by atoms with E-state index in [9.17, 15) is 14.4 Å². The van der Waals surface area contributed by atoms with Crippen molar-refractivity contribution >= 4 is 34.2 Å². The van der Waals surface area contributed by atoms with E-state index in [1.807, 2.05) is 30.3 Å². The molecule has 0 fully saturated rings. The van der Waals surface area contributed by atoms with E-state index in [-0.39, 0.29) is 34.2 Å². The highest BCUT2D eigenvalue weighted by atomic mass is 32.1. The van der Waals surface area contributed by atoms with Crippen LogP contribution in [0.25, 0.3) is 0 Å². The topological polar surface area (TPSA) is 100 Å². The van der Waals surface area contributed by atoms with E-state index in [0.29, 0.717) is 17.1 Å². The normalized spacial score (nSPS) is 10.4. The number of ether oxygens (including phenoxy) is 4. The van der Waals surface area contributed by atoms with E-state index in [4.69, 9.17) is 18.9 Å². The molecule has 3 aromatic rings. The number of methoxy groups -OCH3 is 2. The van der Waals surface area contributed by atoms with Crippen LogP contribution in [0.4, 0.5) is 5.00 Å². The standard InChI is InChI=1S/C25H25NO7S/c1-5-32-24(28)20-15(2)21(25(29)33-14-16-9-7-6-8-10-16)34-23(20)26-22(27)17-11-18(30-3)13-19(12-17)31-4/h6-13H,5,14H2,1-4H3,(H,26,27). The number of carbonyl (C=O) groups excluding carboxylic acids is 3. The van der Waals surface area contributed by atoms with Gasteiger partial charge in [-0.3, -0.25) is 4.79 Å². The van der Waals surface area contributed by atoms with Crippen LogP contribution < -0.4 is 14.8 Å².